The third-order valence-corrected chi connectivity index (χ3v) is 5.35. The Bertz CT molecular complexity index is 1190. The van der Waals surface area contributed by atoms with E-state index in [4.69, 9.17) is 39.8 Å². The molecule has 0 saturated heterocycles. The SMILES string of the molecule is S=C(NCc1ccc(-c2ccc(Cl)cc2)o1)Nc1nc(Cl)cc(Sc2ncccn2)n1. The van der Waals surface area contributed by atoms with Gasteiger partial charge in [0, 0.05) is 29.0 Å². The Balaban J connectivity index is 1.35. The van der Waals surface area contributed by atoms with Crippen LogP contribution in [0, 0.1) is 0 Å². The summed E-state index contributed by atoms with van der Waals surface area (Å²) >= 11 is 18.6. The summed E-state index contributed by atoms with van der Waals surface area (Å²) in [4.78, 5) is 16.9. The van der Waals surface area contributed by atoms with Crippen LogP contribution in [-0.2, 0) is 6.54 Å². The Morgan fingerprint density at radius 2 is 1.81 bits per heavy atom. The van der Waals surface area contributed by atoms with Crippen molar-refractivity contribution in [3.63, 3.8) is 0 Å². The van der Waals surface area contributed by atoms with Crippen LogP contribution >= 0.6 is 47.2 Å². The predicted molar refractivity (Wildman–Crippen MR) is 125 cm³/mol. The van der Waals surface area contributed by atoms with Gasteiger partial charge in [0.1, 0.15) is 21.7 Å². The molecule has 0 amide bonds. The van der Waals surface area contributed by atoms with E-state index in [1.807, 2.05) is 36.4 Å². The number of hydrogen-bond donors (Lipinski definition) is 2. The Labute approximate surface area is 197 Å². The smallest absolute Gasteiger partial charge is 0.231 e. The summed E-state index contributed by atoms with van der Waals surface area (Å²) < 4.78 is 5.85. The van der Waals surface area contributed by atoms with E-state index in [1.165, 1.54) is 11.8 Å². The molecule has 4 rings (SSSR count). The number of hydrogen-bond acceptors (Lipinski definition) is 7. The minimum Gasteiger partial charge on any atom is -0.459 e. The molecular formula is C20H14Cl2N6OS2. The molecule has 0 aliphatic rings. The van der Waals surface area contributed by atoms with Crippen molar-refractivity contribution in [1.29, 1.82) is 0 Å². The van der Waals surface area contributed by atoms with Gasteiger partial charge in [-0.05, 0) is 66.4 Å². The molecule has 4 aromatic rings. The van der Waals surface area contributed by atoms with Crippen LogP contribution in [0.2, 0.25) is 10.2 Å². The number of aromatic nitrogens is 4. The Hall–Kier alpha value is -2.72. The second kappa shape index (κ2) is 10.1. The molecule has 3 heterocycles. The lowest BCUT2D eigenvalue weighted by Gasteiger charge is -2.09. The molecule has 31 heavy (non-hydrogen) atoms. The molecule has 0 aliphatic heterocycles. The van der Waals surface area contributed by atoms with Crippen LogP contribution < -0.4 is 10.6 Å². The zero-order chi connectivity index (χ0) is 21.6. The fraction of sp³-hybridized carbons (Fsp3) is 0.0500. The van der Waals surface area contributed by atoms with Crippen molar-refractivity contribution in [1.82, 2.24) is 25.3 Å². The van der Waals surface area contributed by atoms with Crippen molar-refractivity contribution in [2.45, 2.75) is 16.7 Å². The number of thiocarbonyl (C=S) groups is 1. The number of anilines is 1. The van der Waals surface area contributed by atoms with E-state index in [-0.39, 0.29) is 11.1 Å². The molecule has 0 aliphatic carbocycles. The minimum atomic E-state index is 0.268. The van der Waals surface area contributed by atoms with E-state index >= 15 is 0 Å². The van der Waals surface area contributed by atoms with E-state index in [0.717, 1.165) is 17.1 Å². The second-order valence-electron chi connectivity index (χ2n) is 6.07. The normalized spacial score (nSPS) is 10.6. The van der Waals surface area contributed by atoms with Gasteiger partial charge in [0.25, 0.3) is 0 Å². The molecule has 0 saturated carbocycles. The van der Waals surface area contributed by atoms with Crippen molar-refractivity contribution in [2.75, 3.05) is 5.32 Å². The van der Waals surface area contributed by atoms with E-state index in [0.29, 0.717) is 26.9 Å². The molecule has 3 aromatic heterocycles. The summed E-state index contributed by atoms with van der Waals surface area (Å²) in [6, 6.07) is 14.6. The first-order valence-electron chi connectivity index (χ1n) is 8.94. The number of nitrogens with zero attached hydrogens (tertiary/aromatic N) is 4. The summed E-state index contributed by atoms with van der Waals surface area (Å²) in [5.74, 6) is 1.73. The summed E-state index contributed by atoms with van der Waals surface area (Å²) in [6.07, 6.45) is 3.31. The number of benzene rings is 1. The third kappa shape index (κ3) is 6.14. The fourth-order valence-electron chi connectivity index (χ4n) is 2.49. The van der Waals surface area contributed by atoms with Crippen molar-refractivity contribution in [2.24, 2.45) is 0 Å². The zero-order valence-corrected chi connectivity index (χ0v) is 18.9. The highest BCUT2D eigenvalue weighted by Gasteiger charge is 2.09. The second-order valence-corrected chi connectivity index (χ2v) is 8.29. The molecule has 0 unspecified atom stereocenters. The van der Waals surface area contributed by atoms with Crippen LogP contribution in [0.25, 0.3) is 11.3 Å². The zero-order valence-electron chi connectivity index (χ0n) is 15.8. The third-order valence-electron chi connectivity index (χ3n) is 3.85. The number of halogens is 2. The van der Waals surface area contributed by atoms with Gasteiger partial charge in [0.05, 0.1) is 6.54 Å². The molecule has 11 heteroatoms. The summed E-state index contributed by atoms with van der Waals surface area (Å²) in [6.45, 7) is 0.388. The van der Waals surface area contributed by atoms with E-state index in [1.54, 1.807) is 24.5 Å². The molecule has 0 fully saturated rings. The summed E-state index contributed by atoms with van der Waals surface area (Å²) in [7, 11) is 0. The fourth-order valence-corrected chi connectivity index (χ4v) is 3.75. The van der Waals surface area contributed by atoms with Gasteiger partial charge in [-0.2, -0.15) is 0 Å². The van der Waals surface area contributed by atoms with Gasteiger partial charge in [-0.15, -0.1) is 0 Å². The molecule has 7 nitrogen and oxygen atoms in total. The van der Waals surface area contributed by atoms with Crippen molar-refractivity contribution in [3.05, 3.63) is 76.9 Å². The van der Waals surface area contributed by atoms with Crippen LogP contribution in [0.5, 0.6) is 0 Å². The standard InChI is InChI=1S/C20H14Cl2N6OS2/c21-13-4-2-12(3-5-13)15-7-6-14(29-15)11-25-19(30)28-18-26-16(22)10-17(27-18)31-20-23-8-1-9-24-20/h1-10H,11H2,(H2,25,26,27,28,30). The average molecular weight is 489 g/mol. The first kappa shape index (κ1) is 21.5. The first-order valence-corrected chi connectivity index (χ1v) is 10.9. The molecule has 0 radical (unpaired) electrons. The Kier molecular flexibility index (Phi) is 6.98. The van der Waals surface area contributed by atoms with E-state index in [2.05, 4.69) is 30.6 Å². The predicted octanol–water partition coefficient (Wildman–Crippen LogP) is 5.47. The molecule has 0 atom stereocenters. The quantitative estimate of drug-likeness (QED) is 0.208. The van der Waals surface area contributed by atoms with E-state index in [9.17, 15) is 0 Å². The maximum Gasteiger partial charge on any atom is 0.231 e. The summed E-state index contributed by atoms with van der Waals surface area (Å²) in [5.41, 5.74) is 0.941. The van der Waals surface area contributed by atoms with Gasteiger partial charge in [0.2, 0.25) is 5.95 Å². The van der Waals surface area contributed by atoms with Crippen LogP contribution in [-0.4, -0.2) is 25.0 Å². The lowest BCUT2D eigenvalue weighted by molar-refractivity contribution is 0.516. The van der Waals surface area contributed by atoms with Crippen LogP contribution in [0.15, 0.2) is 75.5 Å². The summed E-state index contributed by atoms with van der Waals surface area (Å²) in [5, 5.41) is 8.42. The highest BCUT2D eigenvalue weighted by Crippen LogP contribution is 2.25. The molecular weight excluding hydrogens is 475 g/mol. The van der Waals surface area contributed by atoms with Gasteiger partial charge in [-0.1, -0.05) is 23.2 Å². The Morgan fingerprint density at radius 1 is 1.03 bits per heavy atom. The largest absolute Gasteiger partial charge is 0.459 e. The van der Waals surface area contributed by atoms with Crippen LogP contribution in [0.1, 0.15) is 5.76 Å². The van der Waals surface area contributed by atoms with Gasteiger partial charge in [-0.3, -0.25) is 0 Å². The number of nitrogens with one attached hydrogen (secondary N) is 2. The molecule has 2 N–H and O–H groups in total. The van der Waals surface area contributed by atoms with Crippen molar-refractivity contribution < 1.29 is 4.42 Å². The molecule has 0 bridgehead atoms. The van der Waals surface area contributed by atoms with Crippen LogP contribution in [0.4, 0.5) is 5.95 Å². The number of rotatable bonds is 6. The minimum absolute atomic E-state index is 0.268. The molecule has 0 spiro atoms. The average Bonchev–Trinajstić information content (AvgIpc) is 3.22. The lowest BCUT2D eigenvalue weighted by Crippen LogP contribution is -2.28. The number of furan rings is 1. The maximum atomic E-state index is 6.11. The Morgan fingerprint density at radius 3 is 2.58 bits per heavy atom. The highest BCUT2D eigenvalue weighted by molar-refractivity contribution is 7.99. The van der Waals surface area contributed by atoms with Gasteiger partial charge < -0.3 is 15.1 Å². The van der Waals surface area contributed by atoms with Gasteiger partial charge in [-0.25, -0.2) is 19.9 Å². The monoisotopic (exact) mass is 488 g/mol. The highest BCUT2D eigenvalue weighted by atomic mass is 35.5. The van der Waals surface area contributed by atoms with Gasteiger partial charge >= 0.3 is 0 Å². The topological polar surface area (TPSA) is 88.8 Å². The van der Waals surface area contributed by atoms with Crippen LogP contribution in [0.3, 0.4) is 0 Å². The van der Waals surface area contributed by atoms with E-state index < -0.39 is 0 Å². The lowest BCUT2D eigenvalue weighted by atomic mass is 10.2. The molecule has 1 aromatic carbocycles. The molecule has 156 valence electrons. The first-order chi connectivity index (χ1) is 15.0. The van der Waals surface area contributed by atoms with Gasteiger partial charge in [0.15, 0.2) is 10.3 Å². The van der Waals surface area contributed by atoms with Crippen molar-refractivity contribution >= 4 is 58.2 Å². The van der Waals surface area contributed by atoms with Crippen molar-refractivity contribution in [3.8, 4) is 11.3 Å². The maximum absolute atomic E-state index is 6.11.